The summed E-state index contributed by atoms with van der Waals surface area (Å²) in [5, 5.41) is 0. The van der Waals surface area contributed by atoms with Crippen LogP contribution < -0.4 is 0 Å². The van der Waals surface area contributed by atoms with Gasteiger partial charge >= 0.3 is 0 Å². The van der Waals surface area contributed by atoms with Gasteiger partial charge in [-0.25, -0.2) is 0 Å². The van der Waals surface area contributed by atoms with Gasteiger partial charge in [0, 0.05) is 5.41 Å². The van der Waals surface area contributed by atoms with Crippen molar-refractivity contribution in [1.82, 2.24) is 0 Å². The van der Waals surface area contributed by atoms with E-state index in [1.807, 2.05) is 624 Å². The molecule has 0 unspecified atom stereocenters. The van der Waals surface area contributed by atoms with Gasteiger partial charge in [-0.15, -0.1) is 0 Å². The Morgan fingerprint density at radius 3 is 0.294 bits per heavy atom. The summed E-state index contributed by atoms with van der Waals surface area (Å²) in [5.74, 6) is 0. The maximum atomic E-state index is 2.30. The van der Waals surface area contributed by atoms with Gasteiger partial charge in [0.25, 0.3) is 0 Å². The van der Waals surface area contributed by atoms with Crippen molar-refractivity contribution in [3.05, 3.63) is 482 Å². The summed E-state index contributed by atoms with van der Waals surface area (Å²) in [6.45, 7) is 101. The Morgan fingerprint density at radius 2 is 0.176 bits per heavy atom. The lowest BCUT2D eigenvalue weighted by atomic mass is 9.68. The molecule has 0 saturated carbocycles. The van der Waals surface area contributed by atoms with Crippen LogP contribution in [0.25, 0.3) is 22.3 Å². The molecule has 768 valence electrons. The highest BCUT2D eigenvalue weighted by molar-refractivity contribution is 5.86. The van der Waals surface area contributed by atoms with Crippen molar-refractivity contribution in [3.63, 3.8) is 0 Å². The summed E-state index contributed by atoms with van der Waals surface area (Å²) in [4.78, 5) is 0. The van der Waals surface area contributed by atoms with Crippen LogP contribution in [0.3, 0.4) is 0 Å². The van der Waals surface area contributed by atoms with E-state index in [1.165, 1.54) is 55.6 Å². The van der Waals surface area contributed by atoms with E-state index < -0.39 is 0 Å². The highest BCUT2D eigenvalue weighted by atomic mass is 14.5. The van der Waals surface area contributed by atoms with Gasteiger partial charge in [-0.1, -0.05) is 795 Å². The van der Waals surface area contributed by atoms with Crippen LogP contribution in [0.1, 0.15) is 380 Å². The molecule has 16 rings (SSSR count). The third-order valence-corrected chi connectivity index (χ3v) is 14.2. The van der Waals surface area contributed by atoms with E-state index in [0.29, 0.717) is 0 Å². The molecule has 0 aliphatic heterocycles. The van der Waals surface area contributed by atoms with E-state index >= 15 is 0 Å². The van der Waals surface area contributed by atoms with Crippen LogP contribution in [-0.4, -0.2) is 0 Å². The summed E-state index contributed by atoms with van der Waals surface area (Å²) < 4.78 is 0. The van der Waals surface area contributed by atoms with Gasteiger partial charge in [-0.05, 0) is 55.6 Å². The molecule has 0 nitrogen and oxygen atoms in total. The normalized spacial score (nSPS) is 8.19. The van der Waals surface area contributed by atoms with E-state index in [2.05, 4.69) is 172 Å². The lowest BCUT2D eigenvalue weighted by molar-refractivity contribution is 0.660. The molecular formula is C136H224. The van der Waals surface area contributed by atoms with Crippen molar-refractivity contribution in [2.24, 2.45) is 0 Å². The molecule has 2 aliphatic rings. The summed E-state index contributed by atoms with van der Waals surface area (Å²) in [6, 6.07) is 153. The number of rotatable bonds is 2. The van der Waals surface area contributed by atoms with E-state index in [4.69, 9.17) is 0 Å². The Balaban J connectivity index is -0.0000000701. The van der Waals surface area contributed by atoms with Crippen LogP contribution in [0.5, 0.6) is 0 Å². The Morgan fingerprint density at radius 1 is 0.0956 bits per heavy atom. The minimum absolute atomic E-state index is 0.160. The smallest absolute Gasteiger partial charge is 0.0683 e. The van der Waals surface area contributed by atoms with Gasteiger partial charge in [-0.2, -0.15) is 0 Å². The molecule has 0 N–H and O–H groups in total. The number of hydrogen-bond donors (Lipinski definition) is 0. The largest absolute Gasteiger partial charge is 0.0713 e. The van der Waals surface area contributed by atoms with E-state index in [9.17, 15) is 0 Å². The highest BCUT2D eigenvalue weighted by Crippen LogP contribution is 2.56. The quantitative estimate of drug-likeness (QED) is 0.162. The molecule has 2 aliphatic carbocycles. The Hall–Kier alpha value is -10.9. The average molecular weight is 1860 g/mol. The maximum Gasteiger partial charge on any atom is 0.0713 e. The first kappa shape index (κ1) is 168. The van der Waals surface area contributed by atoms with E-state index in [0.717, 1.165) is 0 Å². The third-order valence-electron chi connectivity index (χ3n) is 14.2. The van der Waals surface area contributed by atoms with E-state index in [1.54, 1.807) is 0 Å². The zero-order chi connectivity index (χ0) is 109. The SMILES string of the molecule is CC.CC.CC.CC.CC.CC.CC.CC.CC.CC.CC.CC.CC.CC.CC.CC.CC.CC.CC.CC.CC.CC.CC.CC.CC1(C)c2ccccc2-c2ccccc21.c1ccc(C2(c3ccccc3)c3ccccc3-c3ccccc32)cc1.c1ccccc1.c1ccccc1.c1ccccc1.c1ccccc1.c1ccccc1.c1ccccc1.c1ccccc1.c1ccccc1. The molecule has 0 bridgehead atoms. The molecule has 14 aromatic carbocycles. The number of fused-ring (bicyclic) bond motifs is 6. The minimum atomic E-state index is -0.254. The standard InChI is InChI=1S/C25H18.C15H14.8C6H6.24C2H6/c1-3-11-19(12-4-1)25(20-13-5-2-6-14-20)23-17-9-7-15-21(23)22-16-8-10-18-24(22)25;1-15(2)13-9-5-3-7-11(13)12-8-4-6-10-14(12)15;8*1-2-4-6-5-3-1;24*1-2/h1-18H;3-10H,1-2H3;8*1-6H;24*1-2H3. The minimum Gasteiger partial charge on any atom is -0.0683 e. The Kier molecular flexibility index (Phi) is 210. The number of hydrogen-bond acceptors (Lipinski definition) is 0. The molecule has 0 heterocycles. The maximum absolute atomic E-state index is 2.30. The van der Waals surface area contributed by atoms with Crippen molar-refractivity contribution in [2.75, 3.05) is 0 Å². The lowest BCUT2D eigenvalue weighted by Gasteiger charge is -2.33. The lowest BCUT2D eigenvalue weighted by Crippen LogP contribution is -2.28. The van der Waals surface area contributed by atoms with Crippen molar-refractivity contribution in [3.8, 4) is 22.3 Å². The van der Waals surface area contributed by atoms with Gasteiger partial charge < -0.3 is 0 Å². The Bertz CT molecular complexity index is 3150. The molecule has 0 fully saturated rings. The molecule has 0 amide bonds. The summed E-state index contributed by atoms with van der Waals surface area (Å²) >= 11 is 0. The van der Waals surface area contributed by atoms with Gasteiger partial charge in [0.15, 0.2) is 0 Å². The number of benzene rings is 14. The van der Waals surface area contributed by atoms with Crippen LogP contribution in [0, 0.1) is 0 Å². The van der Waals surface area contributed by atoms with Gasteiger partial charge in [0.2, 0.25) is 0 Å². The second-order valence-corrected chi connectivity index (χ2v) is 20.5. The predicted molar refractivity (Wildman–Crippen MR) is 652 cm³/mol. The second-order valence-electron chi connectivity index (χ2n) is 20.5. The summed E-state index contributed by atoms with van der Waals surface area (Å²) in [6.07, 6.45) is 0. The molecule has 136 heavy (non-hydrogen) atoms. The average Bonchev–Trinajstić information content (AvgIpc) is 1.54. The van der Waals surface area contributed by atoms with Crippen molar-refractivity contribution >= 4 is 0 Å². The molecule has 0 aromatic heterocycles. The van der Waals surface area contributed by atoms with Crippen molar-refractivity contribution < 1.29 is 0 Å². The predicted octanol–water partition coefficient (Wildman–Crippen LogP) is 48.2. The zero-order valence-electron chi connectivity index (χ0n) is 98.7. The molecule has 0 atom stereocenters. The third kappa shape index (κ3) is 92.2. The van der Waals surface area contributed by atoms with Gasteiger partial charge in [0.1, 0.15) is 0 Å². The first-order valence-corrected chi connectivity index (χ1v) is 54.1. The highest BCUT2D eigenvalue weighted by Gasteiger charge is 2.45. The van der Waals surface area contributed by atoms with Crippen LogP contribution in [0.2, 0.25) is 0 Å². The Labute approximate surface area is 855 Å². The molecule has 0 heteroatoms. The van der Waals surface area contributed by atoms with E-state index in [-0.39, 0.29) is 10.8 Å². The van der Waals surface area contributed by atoms with Gasteiger partial charge in [-0.3, -0.25) is 0 Å². The molecule has 0 radical (unpaired) electrons. The first-order chi connectivity index (χ1) is 67.6. The zero-order valence-corrected chi connectivity index (χ0v) is 98.7. The molecule has 14 aromatic rings. The molecule has 0 saturated heterocycles. The summed E-state index contributed by atoms with van der Waals surface area (Å²) in [5.41, 5.74) is 13.7. The van der Waals surface area contributed by atoms with Crippen LogP contribution >= 0.6 is 0 Å². The topological polar surface area (TPSA) is 0 Å². The van der Waals surface area contributed by atoms with Crippen molar-refractivity contribution in [2.45, 2.75) is 357 Å². The van der Waals surface area contributed by atoms with Crippen LogP contribution in [0.15, 0.2) is 449 Å². The van der Waals surface area contributed by atoms with Crippen molar-refractivity contribution in [1.29, 1.82) is 0 Å². The fourth-order valence-corrected chi connectivity index (χ4v) is 10.2. The second kappa shape index (κ2) is 170. The molecule has 0 spiro atoms. The fraction of sp³-hybridized carbons (Fsp3) is 0.382. The van der Waals surface area contributed by atoms with Crippen LogP contribution in [0.4, 0.5) is 0 Å². The van der Waals surface area contributed by atoms with Crippen LogP contribution in [-0.2, 0) is 10.8 Å². The monoisotopic (exact) mass is 1860 g/mol. The van der Waals surface area contributed by atoms with Gasteiger partial charge in [0.05, 0.1) is 5.41 Å². The fourth-order valence-electron chi connectivity index (χ4n) is 10.2. The first-order valence-electron chi connectivity index (χ1n) is 54.1. The summed E-state index contributed by atoms with van der Waals surface area (Å²) in [7, 11) is 0. The molecular weight excluding hydrogens is 1630 g/mol.